The predicted molar refractivity (Wildman–Crippen MR) is 71.2 cm³/mol. The van der Waals surface area contributed by atoms with Crippen molar-refractivity contribution in [2.24, 2.45) is 0 Å². The summed E-state index contributed by atoms with van der Waals surface area (Å²) in [6.45, 7) is 3.59. The lowest BCUT2D eigenvalue weighted by molar-refractivity contribution is -0.114. The van der Waals surface area contributed by atoms with Gasteiger partial charge in [-0.05, 0) is 38.2 Å². The highest BCUT2D eigenvalue weighted by atomic mass is 32.1. The molecule has 1 N–H and O–H groups in total. The molecule has 0 radical (unpaired) electrons. The molecule has 1 aromatic heterocycles. The average molecular weight is 267 g/mol. The van der Waals surface area contributed by atoms with Crippen LogP contribution in [-0.2, 0) is 22.4 Å². The summed E-state index contributed by atoms with van der Waals surface area (Å²) in [7, 11) is 0. The number of hydrogen-bond acceptors (Lipinski definition) is 4. The van der Waals surface area contributed by atoms with E-state index in [2.05, 4.69) is 5.32 Å². The number of hydrogen-bond donors (Lipinski definition) is 1. The number of rotatable bonds is 3. The first-order valence-electron chi connectivity index (χ1n) is 6.22. The quantitative estimate of drug-likeness (QED) is 0.857. The molecule has 1 amide bonds. The summed E-state index contributed by atoms with van der Waals surface area (Å²) in [5.41, 5.74) is 1.65. The summed E-state index contributed by atoms with van der Waals surface area (Å²) in [5, 5.41) is 3.39. The number of carbonyl (C=O) groups is 2. The Hall–Kier alpha value is -1.36. The van der Waals surface area contributed by atoms with Crippen molar-refractivity contribution in [3.8, 4) is 0 Å². The van der Waals surface area contributed by atoms with E-state index in [0.29, 0.717) is 17.2 Å². The summed E-state index contributed by atoms with van der Waals surface area (Å²) in [6, 6.07) is 0. The number of carbonyl (C=O) groups excluding carboxylic acids is 2. The minimum Gasteiger partial charge on any atom is -0.462 e. The van der Waals surface area contributed by atoms with Gasteiger partial charge in [-0.1, -0.05) is 0 Å². The van der Waals surface area contributed by atoms with Crippen LogP contribution in [0.5, 0.6) is 0 Å². The molecular formula is C13H17NO3S. The first kappa shape index (κ1) is 13.1. The van der Waals surface area contributed by atoms with Gasteiger partial charge in [0.05, 0.1) is 12.2 Å². The molecule has 0 aliphatic heterocycles. The Kier molecular flexibility index (Phi) is 4.01. The first-order valence-corrected chi connectivity index (χ1v) is 7.04. The molecule has 18 heavy (non-hydrogen) atoms. The highest BCUT2D eigenvalue weighted by Gasteiger charge is 2.26. The fourth-order valence-corrected chi connectivity index (χ4v) is 3.56. The molecule has 1 aromatic rings. The third kappa shape index (κ3) is 2.56. The molecule has 0 bridgehead atoms. The van der Waals surface area contributed by atoms with E-state index < -0.39 is 0 Å². The van der Waals surface area contributed by atoms with E-state index in [-0.39, 0.29) is 11.9 Å². The third-order valence-corrected chi connectivity index (χ3v) is 4.15. The van der Waals surface area contributed by atoms with Crippen molar-refractivity contribution in [1.29, 1.82) is 0 Å². The molecule has 1 heterocycles. The van der Waals surface area contributed by atoms with Gasteiger partial charge in [0, 0.05) is 11.8 Å². The van der Waals surface area contributed by atoms with Gasteiger partial charge in [0.25, 0.3) is 0 Å². The molecule has 2 rings (SSSR count). The summed E-state index contributed by atoms with van der Waals surface area (Å²) in [6.07, 6.45) is 4.14. The molecule has 0 aromatic carbocycles. The highest BCUT2D eigenvalue weighted by Crippen LogP contribution is 2.38. The number of nitrogens with one attached hydrogen (secondary N) is 1. The Morgan fingerprint density at radius 2 is 2.06 bits per heavy atom. The zero-order chi connectivity index (χ0) is 13.1. The predicted octanol–water partition coefficient (Wildman–Crippen LogP) is 2.76. The van der Waals surface area contributed by atoms with Crippen LogP contribution in [0.15, 0.2) is 0 Å². The fraction of sp³-hybridized carbons (Fsp3) is 0.538. The van der Waals surface area contributed by atoms with Crippen molar-refractivity contribution in [3.05, 3.63) is 16.0 Å². The Morgan fingerprint density at radius 3 is 2.72 bits per heavy atom. The Balaban J connectivity index is 2.41. The van der Waals surface area contributed by atoms with Crippen molar-refractivity contribution in [3.63, 3.8) is 0 Å². The molecule has 0 fully saturated rings. The minimum absolute atomic E-state index is 0.154. The van der Waals surface area contributed by atoms with Crippen molar-refractivity contribution < 1.29 is 14.3 Å². The Labute approximate surface area is 110 Å². The van der Waals surface area contributed by atoms with Gasteiger partial charge in [-0.25, -0.2) is 4.79 Å². The number of amides is 1. The number of thiophene rings is 1. The monoisotopic (exact) mass is 267 g/mol. The molecule has 0 spiro atoms. The van der Waals surface area contributed by atoms with Crippen molar-refractivity contribution in [2.75, 3.05) is 11.9 Å². The van der Waals surface area contributed by atoms with E-state index in [0.717, 1.165) is 31.2 Å². The lowest BCUT2D eigenvalue weighted by Crippen LogP contribution is -2.13. The largest absolute Gasteiger partial charge is 0.462 e. The zero-order valence-electron chi connectivity index (χ0n) is 10.7. The number of anilines is 1. The molecule has 98 valence electrons. The van der Waals surface area contributed by atoms with Crippen LogP contribution in [0, 0.1) is 0 Å². The second kappa shape index (κ2) is 5.52. The van der Waals surface area contributed by atoms with Gasteiger partial charge >= 0.3 is 5.97 Å². The van der Waals surface area contributed by atoms with Gasteiger partial charge in [-0.15, -0.1) is 11.3 Å². The van der Waals surface area contributed by atoms with Gasteiger partial charge in [0.1, 0.15) is 5.00 Å². The molecule has 0 atom stereocenters. The van der Waals surface area contributed by atoms with E-state index in [1.54, 1.807) is 6.92 Å². The van der Waals surface area contributed by atoms with Gasteiger partial charge < -0.3 is 10.1 Å². The van der Waals surface area contributed by atoms with Gasteiger partial charge in [-0.3, -0.25) is 4.79 Å². The fourth-order valence-electron chi connectivity index (χ4n) is 2.23. The number of aryl methyl sites for hydroxylation is 1. The smallest absolute Gasteiger partial charge is 0.341 e. The van der Waals surface area contributed by atoms with Crippen LogP contribution < -0.4 is 5.32 Å². The van der Waals surface area contributed by atoms with Crippen LogP contribution in [-0.4, -0.2) is 18.5 Å². The molecule has 4 nitrogen and oxygen atoms in total. The maximum Gasteiger partial charge on any atom is 0.341 e. The van der Waals surface area contributed by atoms with Crippen LogP contribution in [0.4, 0.5) is 5.00 Å². The number of esters is 1. The lowest BCUT2D eigenvalue weighted by Gasteiger charge is -2.12. The SMILES string of the molecule is CCOC(=O)c1c(NC(C)=O)sc2c1CCCC2. The molecule has 1 aliphatic rings. The highest BCUT2D eigenvalue weighted by molar-refractivity contribution is 7.17. The van der Waals surface area contributed by atoms with Crippen LogP contribution in [0.3, 0.4) is 0 Å². The maximum absolute atomic E-state index is 12.0. The normalized spacial score (nSPS) is 13.9. The summed E-state index contributed by atoms with van der Waals surface area (Å²) in [5.74, 6) is -0.472. The van der Waals surface area contributed by atoms with Gasteiger partial charge in [0.2, 0.25) is 5.91 Å². The van der Waals surface area contributed by atoms with Crippen LogP contribution in [0.1, 0.15) is 47.5 Å². The standard InChI is InChI=1S/C13H17NO3S/c1-3-17-13(16)11-9-6-4-5-7-10(9)18-12(11)14-8(2)15/h3-7H2,1-2H3,(H,14,15). The minimum atomic E-state index is -0.319. The second-order valence-electron chi connectivity index (χ2n) is 4.32. The van der Waals surface area contributed by atoms with Crippen molar-refractivity contribution in [1.82, 2.24) is 0 Å². The van der Waals surface area contributed by atoms with Crippen molar-refractivity contribution in [2.45, 2.75) is 39.5 Å². The topological polar surface area (TPSA) is 55.4 Å². The van der Waals surface area contributed by atoms with Crippen LogP contribution in [0.25, 0.3) is 0 Å². The van der Waals surface area contributed by atoms with Crippen LogP contribution in [0.2, 0.25) is 0 Å². The van der Waals surface area contributed by atoms with Gasteiger partial charge in [0.15, 0.2) is 0 Å². The summed E-state index contributed by atoms with van der Waals surface area (Å²) >= 11 is 1.51. The first-order chi connectivity index (χ1) is 8.63. The number of fused-ring (bicyclic) bond motifs is 1. The van der Waals surface area contributed by atoms with Gasteiger partial charge in [-0.2, -0.15) is 0 Å². The Bertz CT molecular complexity index is 479. The molecule has 0 saturated carbocycles. The molecular weight excluding hydrogens is 250 g/mol. The number of ether oxygens (including phenoxy) is 1. The molecule has 0 saturated heterocycles. The summed E-state index contributed by atoms with van der Waals surface area (Å²) < 4.78 is 5.09. The van der Waals surface area contributed by atoms with E-state index in [1.165, 1.54) is 23.1 Å². The molecule has 0 unspecified atom stereocenters. The average Bonchev–Trinajstić information content (AvgIpc) is 2.66. The Morgan fingerprint density at radius 1 is 1.33 bits per heavy atom. The third-order valence-electron chi connectivity index (χ3n) is 2.94. The second-order valence-corrected chi connectivity index (χ2v) is 5.42. The molecule has 5 heteroatoms. The summed E-state index contributed by atoms with van der Waals surface area (Å²) in [4.78, 5) is 24.4. The van der Waals surface area contributed by atoms with E-state index in [4.69, 9.17) is 4.74 Å². The van der Waals surface area contributed by atoms with E-state index in [1.807, 2.05) is 0 Å². The maximum atomic E-state index is 12.0. The zero-order valence-corrected chi connectivity index (χ0v) is 11.5. The lowest BCUT2D eigenvalue weighted by atomic mass is 9.95. The van der Waals surface area contributed by atoms with E-state index >= 15 is 0 Å². The molecule has 1 aliphatic carbocycles. The van der Waals surface area contributed by atoms with Crippen molar-refractivity contribution >= 4 is 28.2 Å². The van der Waals surface area contributed by atoms with E-state index in [9.17, 15) is 9.59 Å². The van der Waals surface area contributed by atoms with Crippen LogP contribution >= 0.6 is 11.3 Å².